The molecule has 1 aliphatic heterocycles. The standard InChI is InChI=1S/C37H38FN3O6/c1-44-32-21-28-30(22-33(32)46-23-36(12-13-36)41-26-10-17-45-18-11-26)39-16-9-31(28)47-27-8-7-24(29(38)20-27)19-34(42)37(14-15-37)35(43)40-25-5-3-2-4-6-25/h2-9,16,20-22,26,41H,10-15,17-19,23H2,1H3,(H,40,43). The topological polar surface area (TPSA) is 108 Å². The SMILES string of the molecule is COc1cc2c(Oc3ccc(CC(=O)C4(C(=O)Nc5ccccc5)CC4)c(F)c3)ccnc2cc1OCC1(NC2CCOCC2)CC1. The number of amides is 1. The fourth-order valence-electron chi connectivity index (χ4n) is 6.20. The lowest BCUT2D eigenvalue weighted by atomic mass is 9.93. The van der Waals surface area contributed by atoms with E-state index in [-0.39, 0.29) is 35.0 Å². The number of nitrogens with one attached hydrogen (secondary N) is 2. The first-order valence-electron chi connectivity index (χ1n) is 16.2. The van der Waals surface area contributed by atoms with Crippen LogP contribution in [0.3, 0.4) is 0 Å². The van der Waals surface area contributed by atoms with E-state index < -0.39 is 11.2 Å². The van der Waals surface area contributed by atoms with Crippen LogP contribution in [-0.2, 0) is 20.7 Å². The number of Topliss-reactive ketones (excluding diaryl/α,β-unsaturated/α-hetero) is 1. The van der Waals surface area contributed by atoms with Crippen molar-refractivity contribution in [1.29, 1.82) is 0 Å². The first-order chi connectivity index (χ1) is 22.9. The average molecular weight is 640 g/mol. The number of nitrogens with zero attached hydrogens (tertiary/aromatic N) is 1. The van der Waals surface area contributed by atoms with Gasteiger partial charge in [-0.05, 0) is 74.4 Å². The minimum Gasteiger partial charge on any atom is -0.493 e. The predicted octanol–water partition coefficient (Wildman–Crippen LogP) is 6.39. The molecule has 244 valence electrons. The minimum absolute atomic E-state index is 0.0327. The van der Waals surface area contributed by atoms with Crippen LogP contribution in [0.4, 0.5) is 10.1 Å². The highest BCUT2D eigenvalue weighted by molar-refractivity contribution is 6.14. The molecule has 7 rings (SSSR count). The summed E-state index contributed by atoms with van der Waals surface area (Å²) in [5.41, 5.74) is 0.333. The molecule has 2 N–H and O–H groups in total. The van der Waals surface area contributed by atoms with Crippen molar-refractivity contribution in [1.82, 2.24) is 10.3 Å². The lowest BCUT2D eigenvalue weighted by Crippen LogP contribution is -2.46. The van der Waals surface area contributed by atoms with Crippen LogP contribution < -0.4 is 24.8 Å². The Morgan fingerprint density at radius 3 is 2.45 bits per heavy atom. The Hall–Kier alpha value is -4.54. The number of hydrogen-bond acceptors (Lipinski definition) is 8. The minimum atomic E-state index is -1.12. The lowest BCUT2D eigenvalue weighted by molar-refractivity contribution is -0.132. The Morgan fingerprint density at radius 1 is 0.957 bits per heavy atom. The van der Waals surface area contributed by atoms with Crippen molar-refractivity contribution < 1.29 is 32.9 Å². The number of fused-ring (bicyclic) bond motifs is 1. The molecule has 2 saturated carbocycles. The molecule has 1 amide bonds. The molecule has 2 aliphatic carbocycles. The zero-order valence-corrected chi connectivity index (χ0v) is 26.4. The first-order valence-corrected chi connectivity index (χ1v) is 16.2. The van der Waals surface area contributed by atoms with Gasteiger partial charge in [-0.3, -0.25) is 14.6 Å². The van der Waals surface area contributed by atoms with Crippen LogP contribution >= 0.6 is 0 Å². The number of pyridine rings is 1. The molecular formula is C37H38FN3O6. The predicted molar refractivity (Wildman–Crippen MR) is 175 cm³/mol. The van der Waals surface area contributed by atoms with Gasteiger partial charge in [0, 0.05) is 55.1 Å². The molecule has 1 aromatic heterocycles. The van der Waals surface area contributed by atoms with Gasteiger partial charge in [0.2, 0.25) is 5.91 Å². The maximum atomic E-state index is 15.3. The highest BCUT2D eigenvalue weighted by atomic mass is 19.1. The van der Waals surface area contributed by atoms with Gasteiger partial charge >= 0.3 is 0 Å². The monoisotopic (exact) mass is 639 g/mol. The van der Waals surface area contributed by atoms with Crippen molar-refractivity contribution in [2.45, 2.75) is 56.5 Å². The number of carbonyl (C=O) groups excluding carboxylic acids is 2. The normalized spacial score (nSPS) is 17.9. The largest absolute Gasteiger partial charge is 0.493 e. The second kappa shape index (κ2) is 12.9. The first kappa shape index (κ1) is 31.1. The third-order valence-corrected chi connectivity index (χ3v) is 9.43. The van der Waals surface area contributed by atoms with Gasteiger partial charge in [-0.25, -0.2) is 4.39 Å². The maximum Gasteiger partial charge on any atom is 0.238 e. The van der Waals surface area contributed by atoms with Crippen LogP contribution in [0, 0.1) is 11.2 Å². The van der Waals surface area contributed by atoms with E-state index in [1.54, 1.807) is 37.6 Å². The van der Waals surface area contributed by atoms with E-state index >= 15 is 4.39 Å². The summed E-state index contributed by atoms with van der Waals surface area (Å²) in [5, 5.41) is 7.28. The van der Waals surface area contributed by atoms with E-state index in [9.17, 15) is 9.59 Å². The molecule has 2 heterocycles. The van der Waals surface area contributed by atoms with E-state index in [4.69, 9.17) is 18.9 Å². The van der Waals surface area contributed by atoms with Crippen LogP contribution in [-0.4, -0.2) is 55.2 Å². The van der Waals surface area contributed by atoms with Crippen LogP contribution in [0.2, 0.25) is 0 Å². The number of ether oxygens (including phenoxy) is 4. The number of methoxy groups -OCH3 is 1. The molecule has 0 radical (unpaired) electrons. The number of para-hydroxylation sites is 1. The summed E-state index contributed by atoms with van der Waals surface area (Å²) in [5.74, 6) is 0.654. The second-order valence-corrected chi connectivity index (χ2v) is 12.8. The molecule has 3 aromatic carbocycles. The van der Waals surface area contributed by atoms with Crippen molar-refractivity contribution in [2.75, 3.05) is 32.2 Å². The molecule has 3 aliphatic rings. The van der Waals surface area contributed by atoms with E-state index in [1.165, 1.54) is 12.1 Å². The molecule has 0 atom stereocenters. The van der Waals surface area contributed by atoms with Gasteiger partial charge in [0.1, 0.15) is 29.3 Å². The lowest BCUT2D eigenvalue weighted by Gasteiger charge is -2.28. The number of carbonyl (C=O) groups is 2. The van der Waals surface area contributed by atoms with Crippen molar-refractivity contribution >= 4 is 28.3 Å². The molecule has 1 saturated heterocycles. The van der Waals surface area contributed by atoms with Crippen LogP contribution in [0.1, 0.15) is 44.1 Å². The Morgan fingerprint density at radius 2 is 1.74 bits per heavy atom. The molecule has 0 unspecified atom stereocenters. The molecule has 47 heavy (non-hydrogen) atoms. The Kier molecular flexibility index (Phi) is 8.55. The molecule has 3 fully saturated rings. The molecular weight excluding hydrogens is 601 g/mol. The number of hydrogen-bond donors (Lipinski definition) is 2. The summed E-state index contributed by atoms with van der Waals surface area (Å²) >= 11 is 0. The smallest absolute Gasteiger partial charge is 0.238 e. The van der Waals surface area contributed by atoms with Gasteiger partial charge in [0.05, 0.1) is 18.2 Å². The van der Waals surface area contributed by atoms with Crippen molar-refractivity contribution in [3.05, 3.63) is 84.3 Å². The summed E-state index contributed by atoms with van der Waals surface area (Å²) in [6.45, 7) is 2.10. The molecule has 0 spiro atoms. The van der Waals surface area contributed by atoms with Gasteiger partial charge < -0.3 is 29.6 Å². The maximum absolute atomic E-state index is 15.3. The summed E-state index contributed by atoms with van der Waals surface area (Å²) in [4.78, 5) is 30.6. The summed E-state index contributed by atoms with van der Waals surface area (Å²) in [6, 6.07) is 19.2. The number of halogens is 1. The average Bonchev–Trinajstić information content (AvgIpc) is 4.03. The molecule has 10 heteroatoms. The van der Waals surface area contributed by atoms with Crippen molar-refractivity contribution in [3.63, 3.8) is 0 Å². The van der Waals surface area contributed by atoms with Gasteiger partial charge in [0.15, 0.2) is 17.3 Å². The number of benzene rings is 3. The van der Waals surface area contributed by atoms with E-state index in [0.29, 0.717) is 59.3 Å². The zero-order chi connectivity index (χ0) is 32.4. The fourth-order valence-corrected chi connectivity index (χ4v) is 6.20. The molecule has 9 nitrogen and oxygen atoms in total. The Bertz CT molecular complexity index is 1780. The van der Waals surface area contributed by atoms with Gasteiger partial charge in [-0.2, -0.15) is 0 Å². The number of rotatable bonds is 13. The van der Waals surface area contributed by atoms with E-state index in [1.807, 2.05) is 30.3 Å². The Balaban J connectivity index is 1.02. The van der Waals surface area contributed by atoms with E-state index in [2.05, 4.69) is 15.6 Å². The zero-order valence-electron chi connectivity index (χ0n) is 26.4. The van der Waals surface area contributed by atoms with Crippen LogP contribution in [0.25, 0.3) is 10.9 Å². The van der Waals surface area contributed by atoms with Crippen molar-refractivity contribution in [3.8, 4) is 23.0 Å². The van der Waals surface area contributed by atoms with Gasteiger partial charge in [-0.1, -0.05) is 24.3 Å². The van der Waals surface area contributed by atoms with Gasteiger partial charge in [0.25, 0.3) is 0 Å². The number of aromatic nitrogens is 1. The van der Waals surface area contributed by atoms with Gasteiger partial charge in [-0.15, -0.1) is 0 Å². The number of ketones is 1. The fraction of sp³-hybridized carbons (Fsp3) is 0.378. The third kappa shape index (κ3) is 6.80. The number of anilines is 1. The summed E-state index contributed by atoms with van der Waals surface area (Å²) < 4.78 is 38.9. The summed E-state index contributed by atoms with van der Waals surface area (Å²) in [6.07, 6.45) is 6.48. The molecule has 4 aromatic rings. The highest BCUT2D eigenvalue weighted by Gasteiger charge is 2.55. The van der Waals surface area contributed by atoms with E-state index in [0.717, 1.165) is 38.9 Å². The molecule has 0 bridgehead atoms. The summed E-state index contributed by atoms with van der Waals surface area (Å²) in [7, 11) is 1.59. The van der Waals surface area contributed by atoms with Crippen LogP contribution in [0.15, 0.2) is 72.9 Å². The second-order valence-electron chi connectivity index (χ2n) is 12.8. The third-order valence-electron chi connectivity index (χ3n) is 9.43. The van der Waals surface area contributed by atoms with Crippen molar-refractivity contribution in [2.24, 2.45) is 5.41 Å². The van der Waals surface area contributed by atoms with Crippen LogP contribution in [0.5, 0.6) is 23.0 Å². The highest BCUT2D eigenvalue weighted by Crippen LogP contribution is 2.48. The quantitative estimate of drug-likeness (QED) is 0.162. The Labute approximate surface area is 272 Å².